The van der Waals surface area contributed by atoms with E-state index < -0.39 is 0 Å². The van der Waals surface area contributed by atoms with Gasteiger partial charge in [0.05, 0.1) is 0 Å². The van der Waals surface area contributed by atoms with Gasteiger partial charge in [-0.1, -0.05) is 19.9 Å². The molecule has 0 fully saturated rings. The van der Waals surface area contributed by atoms with Crippen molar-refractivity contribution in [3.8, 4) is 0 Å². The smallest absolute Gasteiger partial charge is 0.0262 e. The largest absolute Gasteiger partial charge is 0.284 e. The highest BCUT2D eigenvalue weighted by molar-refractivity contribution is 5.52. The third kappa shape index (κ3) is 10.2. The Morgan fingerprint density at radius 3 is 2.10 bits per heavy atom. The van der Waals surface area contributed by atoms with Crippen LogP contribution in [0.25, 0.3) is 0 Å². The number of hydrogen-bond donors (Lipinski definition) is 1. The Hall–Kier alpha value is -0.790. The summed E-state index contributed by atoms with van der Waals surface area (Å²) in [7, 11) is 0. The van der Waals surface area contributed by atoms with Crippen molar-refractivity contribution in [3.63, 3.8) is 0 Å². The molecule has 0 aromatic heterocycles. The van der Waals surface area contributed by atoms with Crippen LogP contribution in [0.3, 0.4) is 0 Å². The maximum Gasteiger partial charge on any atom is 0.0262 e. The number of nitrogens with zero attached hydrogens (tertiary/aromatic N) is 1. The minimum Gasteiger partial charge on any atom is -0.284 e. The zero-order valence-corrected chi connectivity index (χ0v) is 7.60. The summed E-state index contributed by atoms with van der Waals surface area (Å²) in [6.45, 7) is 9.80. The molecule has 2 heteroatoms. The fraction of sp³-hybridized carbons (Fsp3) is 0.625. The van der Waals surface area contributed by atoms with Gasteiger partial charge in [-0.15, -0.1) is 0 Å². The first-order chi connectivity index (χ1) is 4.81. The van der Waals surface area contributed by atoms with E-state index in [1.54, 1.807) is 6.21 Å². The van der Waals surface area contributed by atoms with E-state index in [1.165, 1.54) is 0 Å². The maximum atomic E-state index is 3.80. The molecular formula is C8H18N2. The Balaban J connectivity index is 0. The molecule has 0 rings (SSSR count). The summed E-state index contributed by atoms with van der Waals surface area (Å²) >= 11 is 0. The van der Waals surface area contributed by atoms with Crippen LogP contribution in [0, 0.1) is 0 Å². The molecule has 2 nitrogen and oxygen atoms in total. The molecule has 0 aliphatic carbocycles. The second-order valence-corrected chi connectivity index (χ2v) is 1.47. The molecule has 0 heterocycles. The lowest BCUT2D eigenvalue weighted by molar-refractivity contribution is 0.889. The number of allylic oxidation sites excluding steroid dienone is 2. The van der Waals surface area contributed by atoms with E-state index >= 15 is 0 Å². The summed E-state index contributed by atoms with van der Waals surface area (Å²) in [6, 6.07) is 0. The van der Waals surface area contributed by atoms with Gasteiger partial charge in [-0.3, -0.25) is 5.43 Å². The summed E-state index contributed by atoms with van der Waals surface area (Å²) < 4.78 is 0. The molecule has 0 aliphatic rings. The number of rotatable bonds is 2. The van der Waals surface area contributed by atoms with Crippen molar-refractivity contribution < 1.29 is 0 Å². The van der Waals surface area contributed by atoms with Crippen molar-refractivity contribution in [3.05, 3.63) is 11.8 Å². The van der Waals surface area contributed by atoms with Gasteiger partial charge in [0.15, 0.2) is 0 Å². The Morgan fingerprint density at radius 2 is 1.80 bits per heavy atom. The highest BCUT2D eigenvalue weighted by Gasteiger charge is 1.74. The molecule has 0 aromatic rings. The van der Waals surface area contributed by atoms with Gasteiger partial charge < -0.3 is 0 Å². The zero-order valence-electron chi connectivity index (χ0n) is 7.60. The highest BCUT2D eigenvalue weighted by Crippen LogP contribution is 1.81. The first-order valence-corrected chi connectivity index (χ1v) is 3.68. The van der Waals surface area contributed by atoms with Crippen molar-refractivity contribution in [2.45, 2.75) is 34.6 Å². The summed E-state index contributed by atoms with van der Waals surface area (Å²) in [5, 5.41) is 3.80. The molecule has 1 N–H and O–H groups in total. The Morgan fingerprint density at radius 1 is 1.30 bits per heavy atom. The van der Waals surface area contributed by atoms with E-state index in [4.69, 9.17) is 0 Å². The van der Waals surface area contributed by atoms with Gasteiger partial charge in [0.1, 0.15) is 0 Å². The third-order valence-corrected chi connectivity index (χ3v) is 0.803. The molecule has 0 atom stereocenters. The monoisotopic (exact) mass is 142 g/mol. The van der Waals surface area contributed by atoms with Crippen LogP contribution in [0.4, 0.5) is 0 Å². The van der Waals surface area contributed by atoms with Crippen molar-refractivity contribution in [1.82, 2.24) is 5.43 Å². The molecule has 0 amide bonds. The zero-order chi connectivity index (χ0) is 8.41. The van der Waals surface area contributed by atoms with E-state index in [2.05, 4.69) is 10.5 Å². The SMILES string of the molecule is C/C=N\N/C(C)=C\C.CC. The van der Waals surface area contributed by atoms with Crippen LogP contribution in [0.2, 0.25) is 0 Å². The second kappa shape index (κ2) is 11.1. The summed E-state index contributed by atoms with van der Waals surface area (Å²) in [4.78, 5) is 0. The topological polar surface area (TPSA) is 24.4 Å². The average Bonchev–Trinajstić information content (AvgIpc) is 2.04. The van der Waals surface area contributed by atoms with E-state index in [9.17, 15) is 0 Å². The normalized spacial score (nSPS) is 10.7. The molecule has 0 aromatic carbocycles. The lowest BCUT2D eigenvalue weighted by atomic mass is 10.5. The minimum absolute atomic E-state index is 1.07. The Labute approximate surface area is 64.0 Å². The van der Waals surface area contributed by atoms with E-state index in [0.29, 0.717) is 0 Å². The lowest BCUT2D eigenvalue weighted by Crippen LogP contribution is -1.99. The molecule has 0 aliphatic heterocycles. The van der Waals surface area contributed by atoms with Gasteiger partial charge >= 0.3 is 0 Å². The average molecular weight is 142 g/mol. The first-order valence-electron chi connectivity index (χ1n) is 3.68. The third-order valence-electron chi connectivity index (χ3n) is 0.803. The quantitative estimate of drug-likeness (QED) is 0.465. The summed E-state index contributed by atoms with van der Waals surface area (Å²) in [6.07, 6.45) is 3.68. The molecule has 0 saturated carbocycles. The van der Waals surface area contributed by atoms with Crippen molar-refractivity contribution >= 4 is 6.21 Å². The molecule has 0 spiro atoms. The molecular weight excluding hydrogens is 124 g/mol. The fourth-order valence-electron chi connectivity index (χ4n) is 0.231. The lowest BCUT2D eigenvalue weighted by Gasteiger charge is -1.94. The number of hydrazone groups is 1. The highest BCUT2D eigenvalue weighted by atomic mass is 15.3. The number of nitrogens with one attached hydrogen (secondary N) is 1. The van der Waals surface area contributed by atoms with Gasteiger partial charge in [0.2, 0.25) is 0 Å². The predicted molar refractivity (Wildman–Crippen MR) is 48.1 cm³/mol. The second-order valence-electron chi connectivity index (χ2n) is 1.47. The summed E-state index contributed by atoms with van der Waals surface area (Å²) in [5.74, 6) is 0. The van der Waals surface area contributed by atoms with E-state index in [1.807, 2.05) is 40.7 Å². The van der Waals surface area contributed by atoms with Crippen LogP contribution in [-0.4, -0.2) is 6.21 Å². The Bertz CT molecular complexity index is 104. The standard InChI is InChI=1S/C6H12N2.C2H6/c1-4-6(3)8-7-5-2;1-2/h4-5,8H,1-3H3;1-2H3/b6-4-,7-5-;. The molecule has 0 saturated heterocycles. The minimum atomic E-state index is 1.07. The van der Waals surface area contributed by atoms with Gasteiger partial charge in [-0.05, 0) is 20.8 Å². The molecule has 60 valence electrons. The van der Waals surface area contributed by atoms with Crippen LogP contribution < -0.4 is 5.43 Å². The van der Waals surface area contributed by atoms with Crippen molar-refractivity contribution in [2.24, 2.45) is 5.10 Å². The number of hydrogen-bond acceptors (Lipinski definition) is 2. The fourth-order valence-corrected chi connectivity index (χ4v) is 0.231. The maximum absolute atomic E-state index is 3.80. The van der Waals surface area contributed by atoms with Crippen LogP contribution in [0.5, 0.6) is 0 Å². The first kappa shape index (κ1) is 11.9. The molecule has 0 radical (unpaired) electrons. The van der Waals surface area contributed by atoms with Gasteiger partial charge in [-0.2, -0.15) is 5.10 Å². The molecule has 10 heavy (non-hydrogen) atoms. The Kier molecular flexibility index (Phi) is 13.2. The van der Waals surface area contributed by atoms with Crippen molar-refractivity contribution in [2.75, 3.05) is 0 Å². The van der Waals surface area contributed by atoms with Crippen LogP contribution in [0.1, 0.15) is 34.6 Å². The van der Waals surface area contributed by atoms with Crippen LogP contribution in [0.15, 0.2) is 16.9 Å². The van der Waals surface area contributed by atoms with E-state index in [0.717, 1.165) is 5.70 Å². The van der Waals surface area contributed by atoms with Crippen molar-refractivity contribution in [1.29, 1.82) is 0 Å². The van der Waals surface area contributed by atoms with Gasteiger partial charge in [0, 0.05) is 11.9 Å². The predicted octanol–water partition coefficient (Wildman–Crippen LogP) is 2.53. The summed E-state index contributed by atoms with van der Waals surface area (Å²) in [5.41, 5.74) is 3.88. The van der Waals surface area contributed by atoms with Crippen LogP contribution >= 0.6 is 0 Å². The van der Waals surface area contributed by atoms with E-state index in [-0.39, 0.29) is 0 Å². The molecule has 0 bridgehead atoms. The molecule has 0 unspecified atom stereocenters. The van der Waals surface area contributed by atoms with Crippen LogP contribution in [-0.2, 0) is 0 Å². The van der Waals surface area contributed by atoms with Gasteiger partial charge in [0.25, 0.3) is 0 Å². The van der Waals surface area contributed by atoms with Gasteiger partial charge in [-0.25, -0.2) is 0 Å².